The maximum atomic E-state index is 13.2. The number of nitrogens with one attached hydrogen (secondary N) is 1. The minimum Gasteiger partial charge on any atom is -0.505 e. The van der Waals surface area contributed by atoms with Crippen molar-refractivity contribution in [3.63, 3.8) is 0 Å². The Balaban J connectivity index is 0.00000289. The van der Waals surface area contributed by atoms with Crippen LogP contribution >= 0.6 is 11.8 Å². The van der Waals surface area contributed by atoms with E-state index in [1.54, 1.807) is 36.4 Å². The van der Waals surface area contributed by atoms with Gasteiger partial charge in [-0.15, -0.1) is 11.8 Å². The van der Waals surface area contributed by atoms with Crippen LogP contribution in [0.15, 0.2) is 65.7 Å². The van der Waals surface area contributed by atoms with Crippen molar-refractivity contribution in [1.82, 2.24) is 15.3 Å². The molecule has 0 aliphatic heterocycles. The van der Waals surface area contributed by atoms with Gasteiger partial charge in [-0.25, -0.2) is 4.98 Å². The minimum absolute atomic E-state index is 0. The minimum atomic E-state index is -4.55. The first-order valence-electron chi connectivity index (χ1n) is 9.29. The SMILES string of the molecule is C.O=C(NCCSc1cc(C(F)(F)F)nc2ccccc12)c1ccc2cccnc2c1O. The lowest BCUT2D eigenvalue weighted by molar-refractivity contribution is -0.141. The zero-order chi connectivity index (χ0) is 22.0. The number of phenolic OH excluding ortho intramolecular Hbond substituents is 1. The Kier molecular flexibility index (Phi) is 6.88. The van der Waals surface area contributed by atoms with Crippen molar-refractivity contribution in [2.24, 2.45) is 0 Å². The summed E-state index contributed by atoms with van der Waals surface area (Å²) in [6, 6.07) is 14.3. The number of para-hydroxylation sites is 1. The number of hydrogen-bond donors (Lipinski definition) is 2. The first-order chi connectivity index (χ1) is 14.8. The number of nitrogens with zero attached hydrogens (tertiary/aromatic N) is 2. The molecule has 0 saturated heterocycles. The summed E-state index contributed by atoms with van der Waals surface area (Å²) in [5.41, 5.74) is -0.277. The van der Waals surface area contributed by atoms with E-state index in [1.807, 2.05) is 0 Å². The van der Waals surface area contributed by atoms with Crippen molar-refractivity contribution in [2.75, 3.05) is 12.3 Å². The van der Waals surface area contributed by atoms with Crippen LogP contribution in [0.25, 0.3) is 21.8 Å². The molecular weight excluding hydrogens is 439 g/mol. The van der Waals surface area contributed by atoms with E-state index in [0.29, 0.717) is 26.9 Å². The van der Waals surface area contributed by atoms with Crippen LogP contribution in [-0.4, -0.2) is 33.3 Å². The average Bonchev–Trinajstić information content (AvgIpc) is 2.76. The number of rotatable bonds is 5. The molecule has 5 nitrogen and oxygen atoms in total. The maximum absolute atomic E-state index is 13.2. The molecule has 2 heterocycles. The van der Waals surface area contributed by atoms with Crippen LogP contribution in [0.1, 0.15) is 23.5 Å². The molecule has 4 aromatic rings. The number of phenols is 1. The molecule has 0 atom stereocenters. The third kappa shape index (κ3) is 4.77. The molecule has 166 valence electrons. The number of aromatic nitrogens is 2. The second kappa shape index (κ2) is 9.44. The van der Waals surface area contributed by atoms with Gasteiger partial charge in [0.05, 0.1) is 11.1 Å². The van der Waals surface area contributed by atoms with Crippen LogP contribution in [0.5, 0.6) is 5.75 Å². The predicted octanol–water partition coefficient (Wildman–Crippen LogP) is 5.67. The summed E-state index contributed by atoms with van der Waals surface area (Å²) in [5, 5.41) is 14.3. The molecule has 0 aliphatic carbocycles. The predicted molar refractivity (Wildman–Crippen MR) is 120 cm³/mol. The zero-order valence-electron chi connectivity index (χ0n) is 16.0. The van der Waals surface area contributed by atoms with E-state index in [-0.39, 0.29) is 30.8 Å². The Morgan fingerprint density at radius 3 is 2.66 bits per heavy atom. The number of carbonyl (C=O) groups is 1. The third-order valence-corrected chi connectivity index (χ3v) is 5.66. The van der Waals surface area contributed by atoms with Gasteiger partial charge in [0.25, 0.3) is 5.91 Å². The van der Waals surface area contributed by atoms with Crippen molar-refractivity contribution >= 4 is 39.5 Å². The number of benzene rings is 2. The van der Waals surface area contributed by atoms with Gasteiger partial charge in [-0.3, -0.25) is 9.78 Å². The molecule has 2 N–H and O–H groups in total. The van der Waals surface area contributed by atoms with E-state index in [2.05, 4.69) is 15.3 Å². The van der Waals surface area contributed by atoms with Gasteiger partial charge in [0.15, 0.2) is 5.75 Å². The number of aromatic hydroxyl groups is 1. The number of carbonyl (C=O) groups excluding carboxylic acids is 1. The fraction of sp³-hybridized carbons (Fsp3) is 0.174. The highest BCUT2D eigenvalue weighted by Crippen LogP contribution is 2.34. The lowest BCUT2D eigenvalue weighted by Gasteiger charge is -2.12. The molecule has 9 heteroatoms. The summed E-state index contributed by atoms with van der Waals surface area (Å²) >= 11 is 1.19. The van der Waals surface area contributed by atoms with E-state index in [9.17, 15) is 23.1 Å². The van der Waals surface area contributed by atoms with Gasteiger partial charge in [0, 0.05) is 34.2 Å². The number of hydrogen-bond acceptors (Lipinski definition) is 5. The van der Waals surface area contributed by atoms with E-state index in [0.717, 1.165) is 6.07 Å². The molecule has 0 saturated carbocycles. The molecule has 4 rings (SSSR count). The average molecular weight is 459 g/mol. The monoisotopic (exact) mass is 459 g/mol. The van der Waals surface area contributed by atoms with Crippen molar-refractivity contribution in [1.29, 1.82) is 0 Å². The van der Waals surface area contributed by atoms with Gasteiger partial charge in [0.2, 0.25) is 0 Å². The van der Waals surface area contributed by atoms with Crippen LogP contribution in [0, 0.1) is 0 Å². The van der Waals surface area contributed by atoms with Crippen LogP contribution in [0.2, 0.25) is 0 Å². The molecule has 0 fully saturated rings. The highest BCUT2D eigenvalue weighted by molar-refractivity contribution is 7.99. The van der Waals surface area contributed by atoms with Gasteiger partial charge >= 0.3 is 6.18 Å². The van der Waals surface area contributed by atoms with Crippen molar-refractivity contribution in [3.05, 3.63) is 72.1 Å². The number of fused-ring (bicyclic) bond motifs is 2. The number of alkyl halides is 3. The summed E-state index contributed by atoms with van der Waals surface area (Å²) in [6.45, 7) is 0.196. The topological polar surface area (TPSA) is 75.1 Å². The quantitative estimate of drug-likeness (QED) is 0.297. The van der Waals surface area contributed by atoms with Crippen LogP contribution in [-0.2, 0) is 6.18 Å². The van der Waals surface area contributed by atoms with Gasteiger partial charge in [0.1, 0.15) is 11.2 Å². The molecule has 0 radical (unpaired) electrons. The van der Waals surface area contributed by atoms with Crippen molar-refractivity contribution < 1.29 is 23.1 Å². The number of thioether (sulfide) groups is 1. The highest BCUT2D eigenvalue weighted by atomic mass is 32.2. The lowest BCUT2D eigenvalue weighted by atomic mass is 10.1. The van der Waals surface area contributed by atoms with E-state index in [4.69, 9.17) is 0 Å². The Bertz CT molecular complexity index is 1280. The fourth-order valence-electron chi connectivity index (χ4n) is 3.14. The highest BCUT2D eigenvalue weighted by Gasteiger charge is 2.33. The second-order valence-corrected chi connectivity index (χ2v) is 7.80. The summed E-state index contributed by atoms with van der Waals surface area (Å²) < 4.78 is 39.5. The molecule has 0 spiro atoms. The zero-order valence-corrected chi connectivity index (χ0v) is 16.8. The third-order valence-electron chi connectivity index (χ3n) is 4.61. The lowest BCUT2D eigenvalue weighted by Crippen LogP contribution is -2.25. The van der Waals surface area contributed by atoms with Gasteiger partial charge in [-0.1, -0.05) is 37.8 Å². The van der Waals surface area contributed by atoms with E-state index < -0.39 is 17.8 Å². The summed E-state index contributed by atoms with van der Waals surface area (Å²) in [5.74, 6) is -0.358. The Hall–Kier alpha value is -3.33. The van der Waals surface area contributed by atoms with Gasteiger partial charge in [-0.05, 0) is 24.3 Å². The maximum Gasteiger partial charge on any atom is 0.433 e. The molecule has 0 aliphatic rings. The number of pyridine rings is 2. The van der Waals surface area contributed by atoms with Crippen LogP contribution in [0.3, 0.4) is 0 Å². The van der Waals surface area contributed by atoms with Crippen LogP contribution in [0.4, 0.5) is 13.2 Å². The van der Waals surface area contributed by atoms with E-state index in [1.165, 1.54) is 30.1 Å². The smallest absolute Gasteiger partial charge is 0.433 e. The normalized spacial score (nSPS) is 11.3. The number of halogens is 3. The first-order valence-corrected chi connectivity index (χ1v) is 10.3. The summed E-state index contributed by atoms with van der Waals surface area (Å²) in [7, 11) is 0. The Morgan fingerprint density at radius 1 is 1.09 bits per heavy atom. The van der Waals surface area contributed by atoms with E-state index >= 15 is 0 Å². The van der Waals surface area contributed by atoms with Crippen molar-refractivity contribution in [3.8, 4) is 5.75 Å². The second-order valence-electron chi connectivity index (χ2n) is 6.66. The molecule has 0 unspecified atom stereocenters. The summed E-state index contributed by atoms with van der Waals surface area (Å²) in [4.78, 5) is 20.7. The molecule has 32 heavy (non-hydrogen) atoms. The molecule has 1 amide bonds. The Labute approximate surface area is 186 Å². The standard InChI is InChI=1S/C22H16F3N3O2S.CH4/c23-22(24,25)18-12-17(14-5-1-2-6-16(14)28-18)31-11-10-27-21(30)15-8-7-13-4-3-9-26-19(13)20(15)29;/h1-9,12,29H,10-11H2,(H,27,30);1H4. The largest absolute Gasteiger partial charge is 0.505 e. The molecule has 2 aromatic carbocycles. The van der Waals surface area contributed by atoms with Crippen molar-refractivity contribution in [2.45, 2.75) is 18.5 Å². The fourth-order valence-corrected chi connectivity index (χ4v) is 4.09. The first kappa shape index (κ1) is 23.3. The summed E-state index contributed by atoms with van der Waals surface area (Å²) in [6.07, 6.45) is -3.02. The Morgan fingerprint density at radius 2 is 1.88 bits per heavy atom. The molecule has 2 aromatic heterocycles. The molecule has 0 bridgehead atoms. The molecular formula is C23H20F3N3O2S. The van der Waals surface area contributed by atoms with Gasteiger partial charge in [-0.2, -0.15) is 13.2 Å². The van der Waals surface area contributed by atoms with Gasteiger partial charge < -0.3 is 10.4 Å². The van der Waals surface area contributed by atoms with Crippen LogP contribution < -0.4 is 5.32 Å². The number of amides is 1.